The molecule has 0 aliphatic rings. The van der Waals surface area contributed by atoms with Gasteiger partial charge in [-0.05, 0) is 87.5 Å². The summed E-state index contributed by atoms with van der Waals surface area (Å²) in [6.07, 6.45) is 0.0237. The van der Waals surface area contributed by atoms with E-state index >= 15 is 0 Å². The average Bonchev–Trinajstić information content (AvgIpc) is 2.80. The molecule has 8 nitrogen and oxygen atoms in total. The zero-order chi connectivity index (χ0) is 24.7. The van der Waals surface area contributed by atoms with Crippen molar-refractivity contribution in [1.82, 2.24) is 0 Å². The highest BCUT2D eigenvalue weighted by molar-refractivity contribution is 7.92. The van der Waals surface area contributed by atoms with Crippen molar-refractivity contribution >= 4 is 27.3 Å². The SMILES string of the molecule is CCOc1ccc(NS(=O)(=O)c2cc(NC(=O)c3ccc(OC(C)C)cc3)ccc2OC)cc1. The fraction of sp³-hybridized carbons (Fsp3) is 0.240. The van der Waals surface area contributed by atoms with Gasteiger partial charge in [0.2, 0.25) is 0 Å². The van der Waals surface area contributed by atoms with E-state index in [0.29, 0.717) is 35.0 Å². The molecular weight excluding hydrogens is 456 g/mol. The van der Waals surface area contributed by atoms with Crippen LogP contribution in [0.1, 0.15) is 31.1 Å². The van der Waals surface area contributed by atoms with E-state index in [1.54, 1.807) is 54.6 Å². The molecule has 0 bridgehead atoms. The molecule has 0 aliphatic carbocycles. The largest absolute Gasteiger partial charge is 0.495 e. The molecule has 0 fully saturated rings. The Hall–Kier alpha value is -3.72. The normalized spacial score (nSPS) is 11.1. The maximum absolute atomic E-state index is 13.1. The molecule has 3 rings (SSSR count). The molecule has 34 heavy (non-hydrogen) atoms. The molecule has 0 spiro atoms. The number of methoxy groups -OCH3 is 1. The van der Waals surface area contributed by atoms with Gasteiger partial charge in [-0.25, -0.2) is 8.42 Å². The molecule has 3 aromatic carbocycles. The number of hydrogen-bond donors (Lipinski definition) is 2. The van der Waals surface area contributed by atoms with E-state index < -0.39 is 10.0 Å². The van der Waals surface area contributed by atoms with Gasteiger partial charge in [-0.15, -0.1) is 0 Å². The fourth-order valence-electron chi connectivity index (χ4n) is 3.12. The number of rotatable bonds is 10. The molecule has 0 aliphatic heterocycles. The molecule has 0 saturated heterocycles. The third kappa shape index (κ3) is 6.41. The van der Waals surface area contributed by atoms with Crippen molar-refractivity contribution in [2.75, 3.05) is 23.8 Å². The van der Waals surface area contributed by atoms with Crippen LogP contribution < -0.4 is 24.2 Å². The molecule has 2 N–H and O–H groups in total. The van der Waals surface area contributed by atoms with Gasteiger partial charge in [0.1, 0.15) is 22.1 Å². The van der Waals surface area contributed by atoms with Crippen LogP contribution in [-0.2, 0) is 10.0 Å². The summed E-state index contributed by atoms with van der Waals surface area (Å²) in [7, 11) is -2.63. The third-order valence-corrected chi connectivity index (χ3v) is 6.02. The molecule has 9 heteroatoms. The van der Waals surface area contributed by atoms with Gasteiger partial charge in [0.15, 0.2) is 0 Å². The number of hydrogen-bond acceptors (Lipinski definition) is 6. The minimum Gasteiger partial charge on any atom is -0.495 e. The minimum absolute atomic E-state index is 0.0237. The van der Waals surface area contributed by atoms with E-state index in [4.69, 9.17) is 14.2 Å². The van der Waals surface area contributed by atoms with Crippen LogP contribution in [0.3, 0.4) is 0 Å². The number of benzene rings is 3. The Bertz CT molecular complexity index is 1220. The summed E-state index contributed by atoms with van der Waals surface area (Å²) in [5, 5.41) is 2.72. The zero-order valence-corrected chi connectivity index (χ0v) is 20.3. The lowest BCUT2D eigenvalue weighted by molar-refractivity contribution is 0.102. The number of nitrogens with one attached hydrogen (secondary N) is 2. The number of carbonyl (C=O) groups excluding carboxylic acids is 1. The number of carbonyl (C=O) groups is 1. The Morgan fingerprint density at radius 1 is 0.912 bits per heavy atom. The van der Waals surface area contributed by atoms with Crippen molar-refractivity contribution in [3.05, 3.63) is 72.3 Å². The predicted molar refractivity (Wildman–Crippen MR) is 132 cm³/mol. The molecule has 0 aromatic heterocycles. The fourth-order valence-corrected chi connectivity index (χ4v) is 4.38. The van der Waals surface area contributed by atoms with Crippen molar-refractivity contribution < 1.29 is 27.4 Å². The van der Waals surface area contributed by atoms with Crippen molar-refractivity contribution in [3.63, 3.8) is 0 Å². The second-order valence-electron chi connectivity index (χ2n) is 7.57. The van der Waals surface area contributed by atoms with Gasteiger partial charge in [0.05, 0.1) is 19.8 Å². The lowest BCUT2D eigenvalue weighted by Crippen LogP contribution is -2.16. The van der Waals surface area contributed by atoms with Crippen molar-refractivity contribution in [1.29, 1.82) is 0 Å². The van der Waals surface area contributed by atoms with E-state index in [1.807, 2.05) is 20.8 Å². The Morgan fingerprint density at radius 2 is 1.53 bits per heavy atom. The van der Waals surface area contributed by atoms with Gasteiger partial charge in [-0.2, -0.15) is 0 Å². The van der Waals surface area contributed by atoms with Gasteiger partial charge in [0, 0.05) is 16.9 Å². The topological polar surface area (TPSA) is 103 Å². The summed E-state index contributed by atoms with van der Waals surface area (Å²) in [5.41, 5.74) is 1.08. The van der Waals surface area contributed by atoms with E-state index in [-0.39, 0.29) is 22.7 Å². The van der Waals surface area contributed by atoms with E-state index in [1.165, 1.54) is 19.2 Å². The van der Waals surface area contributed by atoms with E-state index in [0.717, 1.165) is 0 Å². The number of anilines is 2. The van der Waals surface area contributed by atoms with Gasteiger partial charge >= 0.3 is 0 Å². The monoisotopic (exact) mass is 484 g/mol. The molecule has 0 heterocycles. The van der Waals surface area contributed by atoms with Crippen LogP contribution in [0.25, 0.3) is 0 Å². The molecule has 0 radical (unpaired) electrons. The average molecular weight is 485 g/mol. The summed E-state index contributed by atoms with van der Waals surface area (Å²) in [4.78, 5) is 12.6. The van der Waals surface area contributed by atoms with Crippen LogP contribution in [0.5, 0.6) is 17.2 Å². The highest BCUT2D eigenvalue weighted by atomic mass is 32.2. The minimum atomic E-state index is -4.00. The summed E-state index contributed by atoms with van der Waals surface area (Å²) in [5.74, 6) is 1.05. The number of sulfonamides is 1. The van der Waals surface area contributed by atoms with Gasteiger partial charge < -0.3 is 19.5 Å². The Labute approximate surface area is 199 Å². The second kappa shape index (κ2) is 10.9. The van der Waals surface area contributed by atoms with Crippen LogP contribution in [-0.4, -0.2) is 34.1 Å². The van der Waals surface area contributed by atoms with Crippen molar-refractivity contribution in [2.45, 2.75) is 31.8 Å². The molecule has 1 amide bonds. The number of ether oxygens (including phenoxy) is 3. The molecule has 0 unspecified atom stereocenters. The second-order valence-corrected chi connectivity index (χ2v) is 9.22. The Morgan fingerprint density at radius 3 is 2.12 bits per heavy atom. The standard InChI is InChI=1S/C25H28N2O6S/c1-5-32-21-13-8-19(9-14-21)27-34(29,30)24-16-20(10-15-23(24)31-4)26-25(28)18-6-11-22(12-7-18)33-17(2)3/h6-17,27H,5H2,1-4H3,(H,26,28). The first kappa shape index (κ1) is 24.9. The van der Waals surface area contributed by atoms with Crippen LogP contribution in [0.4, 0.5) is 11.4 Å². The summed E-state index contributed by atoms with van der Waals surface area (Å²) in [6, 6.07) is 17.7. The highest BCUT2D eigenvalue weighted by Gasteiger charge is 2.21. The predicted octanol–water partition coefficient (Wildman–Crippen LogP) is 4.93. The Balaban J connectivity index is 1.80. The first-order chi connectivity index (χ1) is 16.2. The van der Waals surface area contributed by atoms with Crippen LogP contribution in [0.2, 0.25) is 0 Å². The van der Waals surface area contributed by atoms with Crippen molar-refractivity contribution in [3.8, 4) is 17.2 Å². The first-order valence-electron chi connectivity index (χ1n) is 10.7. The van der Waals surface area contributed by atoms with Gasteiger partial charge in [0.25, 0.3) is 15.9 Å². The summed E-state index contributed by atoms with van der Waals surface area (Å²) in [6.45, 7) is 6.21. The first-order valence-corrected chi connectivity index (χ1v) is 12.2. The molecule has 3 aromatic rings. The maximum Gasteiger partial charge on any atom is 0.265 e. The Kier molecular flexibility index (Phi) is 8.01. The van der Waals surface area contributed by atoms with E-state index in [2.05, 4.69) is 10.0 Å². The van der Waals surface area contributed by atoms with Gasteiger partial charge in [-0.3, -0.25) is 9.52 Å². The quantitative estimate of drug-likeness (QED) is 0.423. The van der Waals surface area contributed by atoms with E-state index in [9.17, 15) is 13.2 Å². The smallest absolute Gasteiger partial charge is 0.265 e. The van der Waals surface area contributed by atoms with Crippen LogP contribution in [0.15, 0.2) is 71.6 Å². The summed E-state index contributed by atoms with van der Waals surface area (Å²) >= 11 is 0. The molecule has 0 atom stereocenters. The van der Waals surface area contributed by atoms with Crippen molar-refractivity contribution in [2.24, 2.45) is 0 Å². The molecule has 0 saturated carbocycles. The third-order valence-electron chi connectivity index (χ3n) is 4.62. The maximum atomic E-state index is 13.1. The van der Waals surface area contributed by atoms with Gasteiger partial charge in [-0.1, -0.05) is 0 Å². The highest BCUT2D eigenvalue weighted by Crippen LogP contribution is 2.29. The molecular formula is C25H28N2O6S. The zero-order valence-electron chi connectivity index (χ0n) is 19.5. The lowest BCUT2D eigenvalue weighted by atomic mass is 10.2. The lowest BCUT2D eigenvalue weighted by Gasteiger charge is -2.14. The van der Waals surface area contributed by atoms with Crippen LogP contribution in [0, 0.1) is 0 Å². The van der Waals surface area contributed by atoms with Crippen LogP contribution >= 0.6 is 0 Å². The number of amides is 1. The molecule has 180 valence electrons. The summed E-state index contributed by atoms with van der Waals surface area (Å²) < 4.78 is 44.9.